The molecule has 6 nitrogen and oxygen atoms in total. The molecule has 0 N–H and O–H groups in total. The number of thiazole rings is 1. The number of carbonyl (C=O) groups is 2. The van der Waals surface area contributed by atoms with E-state index in [2.05, 4.69) is 31.1 Å². The van der Waals surface area contributed by atoms with Crippen LogP contribution in [-0.2, 0) is 27.0 Å². The van der Waals surface area contributed by atoms with Crippen molar-refractivity contribution in [3.05, 3.63) is 45.9 Å². The van der Waals surface area contributed by atoms with Crippen molar-refractivity contribution < 1.29 is 9.59 Å². The standard InChI is InChI=1S/C25H34N4O2S/c1-24(2,3)22-26-18(17-32-22)15-27-11-8-12-28(14-13-27)21(30)16-29-20-10-7-6-9-19(20)25(4,5)23(29)31/h6-7,9-10,17H,8,11-16H2,1-5H3. The van der Waals surface area contributed by atoms with E-state index < -0.39 is 5.41 Å². The fraction of sp³-hybridized carbons (Fsp3) is 0.560. The van der Waals surface area contributed by atoms with Gasteiger partial charge in [0.1, 0.15) is 6.54 Å². The number of rotatable bonds is 4. The zero-order valence-corrected chi connectivity index (χ0v) is 20.7. The number of nitrogens with zero attached hydrogens (tertiary/aromatic N) is 4. The van der Waals surface area contributed by atoms with Crippen molar-refractivity contribution in [2.24, 2.45) is 0 Å². The summed E-state index contributed by atoms with van der Waals surface area (Å²) in [6, 6.07) is 7.82. The van der Waals surface area contributed by atoms with Crippen molar-refractivity contribution in [3.8, 4) is 0 Å². The first-order chi connectivity index (χ1) is 15.1. The number of anilines is 1. The summed E-state index contributed by atoms with van der Waals surface area (Å²) in [6.45, 7) is 14.6. The Morgan fingerprint density at radius 3 is 2.59 bits per heavy atom. The molecule has 172 valence electrons. The Bertz CT molecular complexity index is 1010. The van der Waals surface area contributed by atoms with E-state index in [1.807, 2.05) is 43.0 Å². The van der Waals surface area contributed by atoms with Crippen molar-refractivity contribution in [3.63, 3.8) is 0 Å². The van der Waals surface area contributed by atoms with Crippen LogP contribution in [0.15, 0.2) is 29.6 Å². The highest BCUT2D eigenvalue weighted by Gasteiger charge is 2.44. The fourth-order valence-electron chi connectivity index (χ4n) is 4.52. The van der Waals surface area contributed by atoms with Crippen LogP contribution in [0.5, 0.6) is 0 Å². The maximum atomic E-state index is 13.2. The summed E-state index contributed by atoms with van der Waals surface area (Å²) in [6.07, 6.45) is 0.929. The quantitative estimate of drug-likeness (QED) is 0.705. The average Bonchev–Trinajstić information content (AvgIpc) is 3.18. The number of benzene rings is 1. The zero-order chi connectivity index (χ0) is 23.1. The summed E-state index contributed by atoms with van der Waals surface area (Å²) in [4.78, 5) is 37.0. The summed E-state index contributed by atoms with van der Waals surface area (Å²) < 4.78 is 0. The van der Waals surface area contributed by atoms with E-state index in [-0.39, 0.29) is 23.8 Å². The normalized spacial score (nSPS) is 19.2. The lowest BCUT2D eigenvalue weighted by Crippen LogP contribution is -2.45. The molecule has 2 aromatic rings. The largest absolute Gasteiger partial charge is 0.340 e. The molecular weight excluding hydrogens is 420 g/mol. The van der Waals surface area contributed by atoms with Gasteiger partial charge in [0, 0.05) is 49.2 Å². The van der Waals surface area contributed by atoms with Gasteiger partial charge in [0.2, 0.25) is 11.8 Å². The minimum absolute atomic E-state index is 0.00156. The van der Waals surface area contributed by atoms with E-state index >= 15 is 0 Å². The lowest BCUT2D eigenvalue weighted by atomic mass is 9.86. The van der Waals surface area contributed by atoms with Crippen LogP contribution in [0.3, 0.4) is 0 Å². The van der Waals surface area contributed by atoms with Crippen molar-refractivity contribution >= 4 is 28.8 Å². The minimum atomic E-state index is -0.591. The summed E-state index contributed by atoms with van der Waals surface area (Å²) in [5.41, 5.74) is 2.46. The van der Waals surface area contributed by atoms with E-state index in [1.165, 1.54) is 0 Å². The molecule has 1 saturated heterocycles. The monoisotopic (exact) mass is 454 g/mol. The number of hydrogen-bond donors (Lipinski definition) is 0. The number of fused-ring (bicyclic) bond motifs is 1. The number of carbonyl (C=O) groups excluding carboxylic acids is 2. The topological polar surface area (TPSA) is 56.8 Å². The molecule has 1 aromatic carbocycles. The maximum absolute atomic E-state index is 13.2. The number of hydrogen-bond acceptors (Lipinski definition) is 5. The second kappa shape index (κ2) is 8.60. The molecular formula is C25H34N4O2S. The molecule has 1 aromatic heterocycles. The van der Waals surface area contributed by atoms with Gasteiger partial charge >= 0.3 is 0 Å². The lowest BCUT2D eigenvalue weighted by Gasteiger charge is -2.25. The van der Waals surface area contributed by atoms with Gasteiger partial charge in [-0.15, -0.1) is 11.3 Å². The van der Waals surface area contributed by atoms with Crippen molar-refractivity contribution in [2.75, 3.05) is 37.6 Å². The summed E-state index contributed by atoms with van der Waals surface area (Å²) in [5.74, 6) is 0.0260. The van der Waals surface area contributed by atoms with Crippen LogP contribution in [0.25, 0.3) is 0 Å². The first kappa shape index (κ1) is 22.9. The molecule has 0 atom stereocenters. The Morgan fingerprint density at radius 2 is 1.88 bits per heavy atom. The van der Waals surface area contributed by atoms with E-state index in [0.29, 0.717) is 6.54 Å². The first-order valence-corrected chi connectivity index (χ1v) is 12.3. The molecule has 0 saturated carbocycles. The van der Waals surface area contributed by atoms with Gasteiger partial charge in [-0.25, -0.2) is 4.98 Å². The molecule has 1 fully saturated rings. The van der Waals surface area contributed by atoms with Crippen LogP contribution in [0.1, 0.15) is 57.3 Å². The van der Waals surface area contributed by atoms with Crippen molar-refractivity contribution in [1.29, 1.82) is 0 Å². The molecule has 0 unspecified atom stereocenters. The van der Waals surface area contributed by atoms with Gasteiger partial charge in [-0.1, -0.05) is 39.0 Å². The van der Waals surface area contributed by atoms with Gasteiger partial charge in [-0.2, -0.15) is 0 Å². The van der Waals surface area contributed by atoms with E-state index in [0.717, 1.165) is 54.6 Å². The third kappa shape index (κ3) is 4.46. The second-order valence-corrected chi connectivity index (χ2v) is 11.3. The second-order valence-electron chi connectivity index (χ2n) is 10.4. The molecule has 2 amide bonds. The van der Waals surface area contributed by atoms with Crippen molar-refractivity contribution in [1.82, 2.24) is 14.8 Å². The smallest absolute Gasteiger partial charge is 0.242 e. The summed E-state index contributed by atoms with van der Waals surface area (Å²) in [7, 11) is 0. The fourth-order valence-corrected chi connectivity index (χ4v) is 5.42. The van der Waals surface area contributed by atoms with Gasteiger partial charge in [0.25, 0.3) is 0 Å². The minimum Gasteiger partial charge on any atom is -0.340 e. The molecule has 0 bridgehead atoms. The van der Waals surface area contributed by atoms with Crippen LogP contribution in [-0.4, -0.2) is 59.3 Å². The average molecular weight is 455 g/mol. The number of amides is 2. The molecule has 4 rings (SSSR count). The molecule has 2 aliphatic heterocycles. The molecule has 32 heavy (non-hydrogen) atoms. The van der Waals surface area contributed by atoms with Crippen LogP contribution in [0.2, 0.25) is 0 Å². The van der Waals surface area contributed by atoms with Gasteiger partial charge in [0.05, 0.1) is 16.1 Å². The van der Waals surface area contributed by atoms with E-state index in [4.69, 9.17) is 4.98 Å². The van der Waals surface area contributed by atoms with E-state index in [1.54, 1.807) is 16.2 Å². The molecule has 0 radical (unpaired) electrons. The highest BCUT2D eigenvalue weighted by molar-refractivity contribution is 7.09. The van der Waals surface area contributed by atoms with Crippen molar-refractivity contribution in [2.45, 2.75) is 58.4 Å². The van der Waals surface area contributed by atoms with Gasteiger partial charge in [0.15, 0.2) is 0 Å². The Balaban J connectivity index is 1.37. The van der Waals surface area contributed by atoms with Crippen LogP contribution in [0.4, 0.5) is 5.69 Å². The molecule has 3 heterocycles. The highest BCUT2D eigenvalue weighted by atomic mass is 32.1. The van der Waals surface area contributed by atoms with E-state index in [9.17, 15) is 9.59 Å². The predicted molar refractivity (Wildman–Crippen MR) is 129 cm³/mol. The zero-order valence-electron chi connectivity index (χ0n) is 19.9. The van der Waals surface area contributed by atoms with Gasteiger partial charge in [-0.05, 0) is 31.9 Å². The lowest BCUT2D eigenvalue weighted by molar-refractivity contribution is -0.131. The molecule has 0 aliphatic carbocycles. The van der Waals surface area contributed by atoms with Crippen LogP contribution >= 0.6 is 11.3 Å². The third-order valence-electron chi connectivity index (χ3n) is 6.46. The number of aromatic nitrogens is 1. The SMILES string of the molecule is CC(C)(C)c1nc(CN2CCCN(C(=O)CN3C(=O)C(C)(C)c4ccccc43)CC2)cs1. The highest BCUT2D eigenvalue weighted by Crippen LogP contribution is 2.41. The third-order valence-corrected chi connectivity index (χ3v) is 7.78. The number of para-hydroxylation sites is 1. The van der Waals surface area contributed by atoms with Crippen LogP contribution < -0.4 is 4.90 Å². The molecule has 2 aliphatic rings. The first-order valence-electron chi connectivity index (χ1n) is 11.4. The Morgan fingerprint density at radius 1 is 1.12 bits per heavy atom. The Kier molecular flexibility index (Phi) is 6.16. The Hall–Kier alpha value is -2.25. The summed E-state index contributed by atoms with van der Waals surface area (Å²) >= 11 is 1.73. The molecule has 0 spiro atoms. The summed E-state index contributed by atoms with van der Waals surface area (Å²) in [5, 5.41) is 3.32. The Labute approximate surface area is 195 Å². The molecule has 7 heteroatoms. The van der Waals surface area contributed by atoms with Gasteiger partial charge in [-0.3, -0.25) is 14.5 Å². The maximum Gasteiger partial charge on any atom is 0.242 e. The van der Waals surface area contributed by atoms with Gasteiger partial charge < -0.3 is 9.80 Å². The predicted octanol–water partition coefficient (Wildman–Crippen LogP) is 3.80. The van der Waals surface area contributed by atoms with Crippen LogP contribution in [0, 0.1) is 0 Å².